The Morgan fingerprint density at radius 2 is 1.84 bits per heavy atom. The maximum absolute atomic E-state index is 12.7. The third kappa shape index (κ3) is 4.40. The normalized spacial score (nSPS) is 24.2. The van der Waals surface area contributed by atoms with Gasteiger partial charge in [-0.25, -0.2) is 0 Å². The van der Waals surface area contributed by atoms with Gasteiger partial charge in [0, 0.05) is 44.7 Å². The summed E-state index contributed by atoms with van der Waals surface area (Å²) in [6.45, 7) is 4.08. The molecule has 2 saturated heterocycles. The molecule has 1 aromatic carbocycles. The van der Waals surface area contributed by atoms with Gasteiger partial charge in [-0.3, -0.25) is 9.59 Å². The van der Waals surface area contributed by atoms with Crippen molar-refractivity contribution in [3.05, 3.63) is 35.9 Å². The van der Waals surface area contributed by atoms with Crippen LogP contribution in [0.4, 0.5) is 0 Å². The molecule has 2 atom stereocenters. The molecule has 5 heteroatoms. The van der Waals surface area contributed by atoms with Crippen molar-refractivity contribution in [2.45, 2.75) is 19.3 Å². The first-order chi connectivity index (χ1) is 12.0. The molecule has 2 fully saturated rings. The number of likely N-dealkylation sites (tertiary alicyclic amines) is 2. The largest absolute Gasteiger partial charge is 0.341 e. The van der Waals surface area contributed by atoms with Crippen molar-refractivity contribution >= 4 is 11.8 Å². The van der Waals surface area contributed by atoms with Gasteiger partial charge in [-0.15, -0.1) is 0 Å². The summed E-state index contributed by atoms with van der Waals surface area (Å²) < 4.78 is 0. The molecular formula is C20H29N3O2. The molecule has 0 N–H and O–H groups in total. The molecule has 136 valence electrons. The molecule has 2 amide bonds. The van der Waals surface area contributed by atoms with E-state index in [1.165, 1.54) is 0 Å². The van der Waals surface area contributed by atoms with Crippen molar-refractivity contribution in [3.63, 3.8) is 0 Å². The molecular weight excluding hydrogens is 314 g/mol. The van der Waals surface area contributed by atoms with Gasteiger partial charge >= 0.3 is 0 Å². The predicted molar refractivity (Wildman–Crippen MR) is 98.3 cm³/mol. The maximum Gasteiger partial charge on any atom is 0.253 e. The second-order valence-electron chi connectivity index (χ2n) is 7.60. The molecule has 0 radical (unpaired) electrons. The van der Waals surface area contributed by atoms with Gasteiger partial charge in [0.15, 0.2) is 0 Å². The number of amides is 2. The van der Waals surface area contributed by atoms with E-state index in [-0.39, 0.29) is 11.8 Å². The van der Waals surface area contributed by atoms with Crippen molar-refractivity contribution in [1.29, 1.82) is 0 Å². The lowest BCUT2D eigenvalue weighted by Crippen LogP contribution is -2.43. The summed E-state index contributed by atoms with van der Waals surface area (Å²) in [6, 6.07) is 9.52. The predicted octanol–water partition coefficient (Wildman–Crippen LogP) is 1.95. The minimum atomic E-state index is 0.124. The number of fused-ring (bicyclic) bond motifs is 1. The van der Waals surface area contributed by atoms with Crippen molar-refractivity contribution in [3.8, 4) is 0 Å². The van der Waals surface area contributed by atoms with Crippen LogP contribution >= 0.6 is 0 Å². The molecule has 3 rings (SSSR count). The molecule has 2 aliphatic rings. The molecule has 0 aliphatic carbocycles. The molecule has 0 saturated carbocycles. The Balaban J connectivity index is 1.61. The van der Waals surface area contributed by atoms with Crippen molar-refractivity contribution in [1.82, 2.24) is 14.7 Å². The first kappa shape index (κ1) is 17.9. The van der Waals surface area contributed by atoms with Crippen molar-refractivity contribution in [2.24, 2.45) is 11.8 Å². The van der Waals surface area contributed by atoms with E-state index in [1.54, 1.807) is 0 Å². The number of benzene rings is 1. The zero-order valence-corrected chi connectivity index (χ0v) is 15.4. The smallest absolute Gasteiger partial charge is 0.253 e. The van der Waals surface area contributed by atoms with Crippen LogP contribution in [0, 0.1) is 11.8 Å². The Kier molecular flexibility index (Phi) is 5.74. The fraction of sp³-hybridized carbons (Fsp3) is 0.600. The minimum Gasteiger partial charge on any atom is -0.341 e. The maximum atomic E-state index is 12.7. The van der Waals surface area contributed by atoms with E-state index in [1.807, 2.05) is 54.2 Å². The third-order valence-electron chi connectivity index (χ3n) is 5.58. The zero-order valence-electron chi connectivity index (χ0n) is 15.4. The topological polar surface area (TPSA) is 43.9 Å². The first-order valence-electron chi connectivity index (χ1n) is 9.31. The van der Waals surface area contributed by atoms with Crippen LogP contribution in [0.25, 0.3) is 0 Å². The molecule has 2 aliphatic heterocycles. The van der Waals surface area contributed by atoms with E-state index in [0.29, 0.717) is 18.3 Å². The Morgan fingerprint density at radius 1 is 1.12 bits per heavy atom. The minimum absolute atomic E-state index is 0.124. The first-order valence-corrected chi connectivity index (χ1v) is 9.31. The van der Waals surface area contributed by atoms with Crippen LogP contribution in [0.15, 0.2) is 30.3 Å². The Hall–Kier alpha value is -1.88. The lowest BCUT2D eigenvalue weighted by molar-refractivity contribution is -0.131. The quantitative estimate of drug-likeness (QED) is 0.839. The Labute approximate surface area is 150 Å². The van der Waals surface area contributed by atoms with E-state index in [2.05, 4.69) is 4.90 Å². The summed E-state index contributed by atoms with van der Waals surface area (Å²) >= 11 is 0. The van der Waals surface area contributed by atoms with Crippen LogP contribution in [-0.4, -0.2) is 73.3 Å². The highest BCUT2D eigenvalue weighted by Crippen LogP contribution is 2.32. The van der Waals surface area contributed by atoms with E-state index in [9.17, 15) is 9.59 Å². The monoisotopic (exact) mass is 343 g/mol. The van der Waals surface area contributed by atoms with Gasteiger partial charge in [0.2, 0.25) is 5.91 Å². The highest BCUT2D eigenvalue weighted by molar-refractivity contribution is 5.94. The van der Waals surface area contributed by atoms with Crippen LogP contribution < -0.4 is 0 Å². The summed E-state index contributed by atoms with van der Waals surface area (Å²) in [5.74, 6) is 1.28. The average molecular weight is 343 g/mol. The van der Waals surface area contributed by atoms with Crippen LogP contribution in [-0.2, 0) is 4.79 Å². The second-order valence-corrected chi connectivity index (χ2v) is 7.60. The molecule has 0 aromatic heterocycles. The summed E-state index contributed by atoms with van der Waals surface area (Å²) in [7, 11) is 4.07. The van der Waals surface area contributed by atoms with Crippen LogP contribution in [0.5, 0.6) is 0 Å². The standard InChI is InChI=1S/C20H29N3O2/c1-21(2)12-13-22-10-9-18-15-23(11-8-17(18)14-19(22)24)20(25)16-6-4-3-5-7-16/h3-7,17-18H,8-15H2,1-2H3. The van der Waals surface area contributed by atoms with Gasteiger partial charge in [0.25, 0.3) is 5.91 Å². The van der Waals surface area contributed by atoms with Crippen molar-refractivity contribution in [2.75, 3.05) is 46.8 Å². The SMILES string of the molecule is CN(C)CCN1CCC2CN(C(=O)c3ccccc3)CCC2CC1=O. The summed E-state index contributed by atoms with van der Waals surface area (Å²) in [5.41, 5.74) is 0.762. The molecule has 0 spiro atoms. The number of likely N-dealkylation sites (N-methyl/N-ethyl adjacent to an activating group) is 1. The van der Waals surface area contributed by atoms with Crippen LogP contribution in [0.2, 0.25) is 0 Å². The second kappa shape index (κ2) is 8.00. The molecule has 1 aromatic rings. The Bertz CT molecular complexity index is 602. The van der Waals surface area contributed by atoms with Gasteiger partial charge in [-0.1, -0.05) is 18.2 Å². The lowest BCUT2D eigenvalue weighted by Gasteiger charge is -2.37. The number of carbonyl (C=O) groups is 2. The number of nitrogens with zero attached hydrogens (tertiary/aromatic N) is 3. The van der Waals surface area contributed by atoms with Crippen molar-refractivity contribution < 1.29 is 9.59 Å². The fourth-order valence-corrected chi connectivity index (χ4v) is 3.98. The van der Waals surface area contributed by atoms with Gasteiger partial charge in [-0.2, -0.15) is 0 Å². The highest BCUT2D eigenvalue weighted by atomic mass is 16.2. The molecule has 2 unspecified atom stereocenters. The van der Waals surface area contributed by atoms with Gasteiger partial charge in [0.05, 0.1) is 0 Å². The van der Waals surface area contributed by atoms with E-state index >= 15 is 0 Å². The molecule has 2 heterocycles. The molecule has 5 nitrogen and oxygen atoms in total. The van der Waals surface area contributed by atoms with Crippen LogP contribution in [0.3, 0.4) is 0 Å². The van der Waals surface area contributed by atoms with Gasteiger partial charge in [0.1, 0.15) is 0 Å². The third-order valence-corrected chi connectivity index (χ3v) is 5.58. The zero-order chi connectivity index (χ0) is 17.8. The highest BCUT2D eigenvalue weighted by Gasteiger charge is 2.36. The van der Waals surface area contributed by atoms with Gasteiger partial charge < -0.3 is 14.7 Å². The molecule has 25 heavy (non-hydrogen) atoms. The summed E-state index contributed by atoms with van der Waals surface area (Å²) in [6.07, 6.45) is 2.59. The number of carbonyl (C=O) groups excluding carboxylic acids is 2. The average Bonchev–Trinajstić information content (AvgIpc) is 2.77. The van der Waals surface area contributed by atoms with E-state index in [0.717, 1.165) is 51.1 Å². The number of hydrogen-bond donors (Lipinski definition) is 0. The Morgan fingerprint density at radius 3 is 2.56 bits per heavy atom. The van der Waals surface area contributed by atoms with Gasteiger partial charge in [-0.05, 0) is 50.9 Å². The lowest BCUT2D eigenvalue weighted by atomic mass is 9.82. The summed E-state index contributed by atoms with van der Waals surface area (Å²) in [5, 5.41) is 0. The number of rotatable bonds is 4. The van der Waals surface area contributed by atoms with E-state index in [4.69, 9.17) is 0 Å². The number of hydrogen-bond acceptors (Lipinski definition) is 3. The summed E-state index contributed by atoms with van der Waals surface area (Å²) in [4.78, 5) is 31.4. The fourth-order valence-electron chi connectivity index (χ4n) is 3.98. The van der Waals surface area contributed by atoms with E-state index < -0.39 is 0 Å². The number of piperidine rings is 1. The van der Waals surface area contributed by atoms with Crippen LogP contribution in [0.1, 0.15) is 29.6 Å². The molecule has 0 bridgehead atoms.